The van der Waals surface area contributed by atoms with E-state index in [0.29, 0.717) is 23.9 Å². The van der Waals surface area contributed by atoms with Gasteiger partial charge in [0.25, 0.3) is 0 Å². The molecule has 1 aliphatic rings. The molecule has 1 saturated heterocycles. The van der Waals surface area contributed by atoms with Crippen molar-refractivity contribution in [1.82, 2.24) is 9.29 Å². The molecule has 0 amide bonds. The van der Waals surface area contributed by atoms with Crippen molar-refractivity contribution >= 4 is 10.0 Å². The number of hydrogen-bond donors (Lipinski definition) is 0. The molecule has 1 fully saturated rings. The van der Waals surface area contributed by atoms with Crippen LogP contribution in [-0.2, 0) is 10.0 Å². The van der Waals surface area contributed by atoms with E-state index in [1.54, 1.807) is 22.6 Å². The van der Waals surface area contributed by atoms with E-state index in [9.17, 15) is 8.42 Å². The highest BCUT2D eigenvalue weighted by Gasteiger charge is 2.25. The number of rotatable bonds is 4. The summed E-state index contributed by atoms with van der Waals surface area (Å²) in [6.07, 6.45) is 4.81. The van der Waals surface area contributed by atoms with E-state index in [2.05, 4.69) is 18.8 Å². The van der Waals surface area contributed by atoms with E-state index in [1.807, 2.05) is 24.3 Å². The van der Waals surface area contributed by atoms with Crippen LogP contribution in [0.1, 0.15) is 44.7 Å². The first kappa shape index (κ1) is 17.1. The molecule has 0 atom stereocenters. The first-order chi connectivity index (χ1) is 11.5. The lowest BCUT2D eigenvalue weighted by atomic mass is 9.98. The third-order valence-electron chi connectivity index (χ3n) is 4.50. The van der Waals surface area contributed by atoms with Crippen molar-refractivity contribution in [2.24, 2.45) is 0 Å². The molecular weight excluding hydrogens is 320 g/mol. The average molecular weight is 344 g/mol. The van der Waals surface area contributed by atoms with Crippen LogP contribution < -0.4 is 0 Å². The van der Waals surface area contributed by atoms with Crippen molar-refractivity contribution in [3.63, 3.8) is 0 Å². The highest BCUT2D eigenvalue weighted by atomic mass is 32.2. The van der Waals surface area contributed by atoms with Crippen molar-refractivity contribution < 1.29 is 8.42 Å². The number of nitrogens with zero attached hydrogens (tertiary/aromatic N) is 2. The van der Waals surface area contributed by atoms with Crippen LogP contribution in [0.15, 0.2) is 47.5 Å². The summed E-state index contributed by atoms with van der Waals surface area (Å²) < 4.78 is 27.1. The standard InChI is InChI=1S/C19H24N2O2S/c1-15(2)19-18(7-6-12-20-19)16-8-10-17(11-9-16)24(22,23)21-13-4-3-5-14-21/h6-12,15H,3-5,13-14H2,1-2H3. The summed E-state index contributed by atoms with van der Waals surface area (Å²) in [5.41, 5.74) is 3.10. The smallest absolute Gasteiger partial charge is 0.243 e. The minimum Gasteiger partial charge on any atom is -0.260 e. The normalized spacial score (nSPS) is 16.5. The summed E-state index contributed by atoms with van der Waals surface area (Å²) in [5, 5.41) is 0. The quantitative estimate of drug-likeness (QED) is 0.841. The fourth-order valence-electron chi connectivity index (χ4n) is 3.18. The zero-order valence-electron chi connectivity index (χ0n) is 14.3. The minimum atomic E-state index is -3.37. The SMILES string of the molecule is CC(C)c1ncccc1-c1ccc(S(=O)(=O)N2CCCCC2)cc1. The van der Waals surface area contributed by atoms with Gasteiger partial charge in [-0.25, -0.2) is 8.42 Å². The van der Waals surface area contributed by atoms with Gasteiger partial charge in [0.2, 0.25) is 10.0 Å². The maximum Gasteiger partial charge on any atom is 0.243 e. The number of pyridine rings is 1. The molecule has 0 bridgehead atoms. The summed E-state index contributed by atoms with van der Waals surface area (Å²) in [6, 6.07) is 11.2. The first-order valence-corrected chi connectivity index (χ1v) is 9.99. The van der Waals surface area contributed by atoms with Crippen LogP contribution in [0.5, 0.6) is 0 Å². The van der Waals surface area contributed by atoms with E-state index in [0.717, 1.165) is 36.1 Å². The van der Waals surface area contributed by atoms with Gasteiger partial charge in [-0.3, -0.25) is 4.98 Å². The highest BCUT2D eigenvalue weighted by molar-refractivity contribution is 7.89. The second-order valence-corrected chi connectivity index (χ2v) is 8.52. The lowest BCUT2D eigenvalue weighted by Crippen LogP contribution is -2.35. The van der Waals surface area contributed by atoms with Crippen molar-refractivity contribution in [3.05, 3.63) is 48.3 Å². The van der Waals surface area contributed by atoms with Crippen LogP contribution in [0, 0.1) is 0 Å². The van der Waals surface area contributed by atoms with Crippen LogP contribution >= 0.6 is 0 Å². The van der Waals surface area contributed by atoms with Crippen LogP contribution in [0.4, 0.5) is 0 Å². The molecule has 128 valence electrons. The van der Waals surface area contributed by atoms with Crippen LogP contribution in [-0.4, -0.2) is 30.8 Å². The third kappa shape index (κ3) is 3.37. The Bertz CT molecular complexity index is 792. The van der Waals surface area contributed by atoms with Gasteiger partial charge in [-0.15, -0.1) is 0 Å². The van der Waals surface area contributed by atoms with Crippen molar-refractivity contribution in [3.8, 4) is 11.1 Å². The van der Waals surface area contributed by atoms with Crippen molar-refractivity contribution in [2.75, 3.05) is 13.1 Å². The molecule has 0 radical (unpaired) electrons. The number of piperidine rings is 1. The molecule has 4 nitrogen and oxygen atoms in total. The molecular formula is C19H24N2O2S. The van der Waals surface area contributed by atoms with Gasteiger partial charge in [-0.1, -0.05) is 38.5 Å². The summed E-state index contributed by atoms with van der Waals surface area (Å²) in [7, 11) is -3.37. The summed E-state index contributed by atoms with van der Waals surface area (Å²) >= 11 is 0. The van der Waals surface area contributed by atoms with Gasteiger partial charge >= 0.3 is 0 Å². The molecule has 0 aliphatic carbocycles. The van der Waals surface area contributed by atoms with E-state index in [4.69, 9.17) is 0 Å². The van der Waals surface area contributed by atoms with Gasteiger partial charge in [0.15, 0.2) is 0 Å². The molecule has 0 unspecified atom stereocenters. The maximum atomic E-state index is 12.7. The van der Waals surface area contributed by atoms with Crippen molar-refractivity contribution in [2.45, 2.75) is 43.9 Å². The molecule has 0 spiro atoms. The van der Waals surface area contributed by atoms with Gasteiger partial charge in [0, 0.05) is 24.8 Å². The van der Waals surface area contributed by atoms with E-state index in [-0.39, 0.29) is 0 Å². The van der Waals surface area contributed by atoms with Gasteiger partial charge < -0.3 is 0 Å². The Labute approximate surface area is 144 Å². The number of aromatic nitrogens is 1. The summed E-state index contributed by atoms with van der Waals surface area (Å²) in [4.78, 5) is 4.85. The second kappa shape index (κ2) is 7.03. The van der Waals surface area contributed by atoms with E-state index in [1.165, 1.54) is 0 Å². The lowest BCUT2D eigenvalue weighted by Gasteiger charge is -2.26. The predicted molar refractivity (Wildman–Crippen MR) is 96.4 cm³/mol. The first-order valence-electron chi connectivity index (χ1n) is 8.55. The number of benzene rings is 1. The van der Waals surface area contributed by atoms with Crippen LogP contribution in [0.3, 0.4) is 0 Å². The number of sulfonamides is 1. The Morgan fingerprint density at radius 1 is 1.00 bits per heavy atom. The van der Waals surface area contributed by atoms with Gasteiger partial charge in [-0.05, 0) is 42.5 Å². The average Bonchev–Trinajstić information content (AvgIpc) is 2.62. The third-order valence-corrected chi connectivity index (χ3v) is 6.42. The number of hydrogen-bond acceptors (Lipinski definition) is 3. The van der Waals surface area contributed by atoms with Crippen LogP contribution in [0.25, 0.3) is 11.1 Å². The fourth-order valence-corrected chi connectivity index (χ4v) is 4.70. The topological polar surface area (TPSA) is 50.3 Å². The highest BCUT2D eigenvalue weighted by Crippen LogP contribution is 2.29. The molecule has 3 rings (SSSR count). The van der Waals surface area contributed by atoms with Gasteiger partial charge in [-0.2, -0.15) is 4.31 Å². The fraction of sp³-hybridized carbons (Fsp3) is 0.421. The Kier molecular flexibility index (Phi) is 5.01. The lowest BCUT2D eigenvalue weighted by molar-refractivity contribution is 0.346. The van der Waals surface area contributed by atoms with Crippen LogP contribution in [0.2, 0.25) is 0 Å². The molecule has 0 saturated carbocycles. The Hall–Kier alpha value is -1.72. The molecule has 1 aromatic carbocycles. The van der Waals surface area contributed by atoms with Gasteiger partial charge in [0.05, 0.1) is 10.6 Å². The van der Waals surface area contributed by atoms with Gasteiger partial charge in [0.1, 0.15) is 0 Å². The zero-order valence-corrected chi connectivity index (χ0v) is 15.1. The minimum absolute atomic E-state index is 0.318. The largest absolute Gasteiger partial charge is 0.260 e. The van der Waals surface area contributed by atoms with Crippen molar-refractivity contribution in [1.29, 1.82) is 0 Å². The molecule has 24 heavy (non-hydrogen) atoms. The predicted octanol–water partition coefficient (Wildman–Crippen LogP) is 4.05. The molecule has 5 heteroatoms. The summed E-state index contributed by atoms with van der Waals surface area (Å²) in [6.45, 7) is 5.48. The molecule has 2 heterocycles. The maximum absolute atomic E-state index is 12.7. The second-order valence-electron chi connectivity index (χ2n) is 6.58. The van der Waals surface area contributed by atoms with E-state index < -0.39 is 10.0 Å². The molecule has 1 aromatic heterocycles. The monoisotopic (exact) mass is 344 g/mol. The molecule has 0 N–H and O–H groups in total. The molecule has 2 aromatic rings. The Morgan fingerprint density at radius 2 is 1.67 bits per heavy atom. The Morgan fingerprint density at radius 3 is 2.29 bits per heavy atom. The summed E-state index contributed by atoms with van der Waals surface area (Å²) in [5.74, 6) is 0.318. The Balaban J connectivity index is 1.91. The molecule has 1 aliphatic heterocycles. The van der Waals surface area contributed by atoms with E-state index >= 15 is 0 Å². The zero-order chi connectivity index (χ0) is 17.2.